The lowest BCUT2D eigenvalue weighted by Gasteiger charge is -2.13. The standard InChI is InChI=1S/C13H19NO3/c1-4-7-10(2)14-17-13(15)11-8-5-6-9-12(11)16-3/h5-6,8-10,14H,4,7H2,1-3H3. The first kappa shape index (κ1) is 13.5. The van der Waals surface area contributed by atoms with Crippen LogP contribution in [0, 0.1) is 0 Å². The van der Waals surface area contributed by atoms with Crippen LogP contribution in [0.5, 0.6) is 5.75 Å². The van der Waals surface area contributed by atoms with Gasteiger partial charge in [-0.1, -0.05) is 25.5 Å². The number of carbonyl (C=O) groups is 1. The Morgan fingerprint density at radius 3 is 2.76 bits per heavy atom. The van der Waals surface area contributed by atoms with Crippen molar-refractivity contribution in [3.8, 4) is 5.75 Å². The average Bonchev–Trinajstić information content (AvgIpc) is 2.36. The summed E-state index contributed by atoms with van der Waals surface area (Å²) in [6.07, 6.45) is 2.00. The molecule has 1 aromatic carbocycles. The summed E-state index contributed by atoms with van der Waals surface area (Å²) in [7, 11) is 1.53. The van der Waals surface area contributed by atoms with Crippen molar-refractivity contribution in [1.29, 1.82) is 0 Å². The van der Waals surface area contributed by atoms with Crippen molar-refractivity contribution < 1.29 is 14.4 Å². The lowest BCUT2D eigenvalue weighted by molar-refractivity contribution is 0.0159. The lowest BCUT2D eigenvalue weighted by atomic mass is 10.2. The van der Waals surface area contributed by atoms with E-state index in [1.54, 1.807) is 18.2 Å². The van der Waals surface area contributed by atoms with Crippen LogP contribution in [0.25, 0.3) is 0 Å². The zero-order chi connectivity index (χ0) is 12.7. The quantitative estimate of drug-likeness (QED) is 0.772. The van der Waals surface area contributed by atoms with Crippen LogP contribution in [0.3, 0.4) is 0 Å². The van der Waals surface area contributed by atoms with Gasteiger partial charge in [-0.2, -0.15) is 0 Å². The zero-order valence-electron chi connectivity index (χ0n) is 10.5. The molecule has 0 heterocycles. The van der Waals surface area contributed by atoms with Crippen LogP contribution in [0.15, 0.2) is 24.3 Å². The maximum atomic E-state index is 11.8. The van der Waals surface area contributed by atoms with Crippen molar-refractivity contribution in [3.63, 3.8) is 0 Å². The van der Waals surface area contributed by atoms with Crippen LogP contribution in [-0.4, -0.2) is 19.1 Å². The van der Waals surface area contributed by atoms with Crippen molar-refractivity contribution >= 4 is 5.97 Å². The van der Waals surface area contributed by atoms with Crippen LogP contribution in [0.4, 0.5) is 0 Å². The number of methoxy groups -OCH3 is 1. The first-order valence-corrected chi connectivity index (χ1v) is 5.78. The van der Waals surface area contributed by atoms with E-state index in [1.807, 2.05) is 13.0 Å². The van der Waals surface area contributed by atoms with Gasteiger partial charge in [-0.25, -0.2) is 4.79 Å². The molecule has 1 rings (SSSR count). The first-order chi connectivity index (χ1) is 8.19. The Bertz CT molecular complexity index is 365. The molecule has 4 heteroatoms. The molecule has 0 aliphatic carbocycles. The van der Waals surface area contributed by atoms with E-state index in [9.17, 15) is 4.79 Å². The minimum atomic E-state index is -0.426. The smallest absolute Gasteiger partial charge is 0.360 e. The third-order valence-corrected chi connectivity index (χ3v) is 2.40. The first-order valence-electron chi connectivity index (χ1n) is 5.78. The molecule has 0 amide bonds. The van der Waals surface area contributed by atoms with Crippen molar-refractivity contribution in [2.24, 2.45) is 0 Å². The summed E-state index contributed by atoms with van der Waals surface area (Å²) in [4.78, 5) is 16.8. The Balaban J connectivity index is 2.58. The minimum Gasteiger partial charge on any atom is -0.496 e. The summed E-state index contributed by atoms with van der Waals surface area (Å²) in [5.74, 6) is 0.0906. The normalized spacial score (nSPS) is 11.9. The second-order valence-electron chi connectivity index (χ2n) is 3.90. The number of rotatable bonds is 6. The van der Waals surface area contributed by atoms with Gasteiger partial charge in [0, 0.05) is 6.04 Å². The number of hydrogen-bond acceptors (Lipinski definition) is 4. The Labute approximate surface area is 102 Å². The summed E-state index contributed by atoms with van der Waals surface area (Å²) < 4.78 is 5.09. The van der Waals surface area contributed by atoms with Crippen molar-refractivity contribution in [2.45, 2.75) is 32.7 Å². The van der Waals surface area contributed by atoms with Crippen LogP contribution in [0.2, 0.25) is 0 Å². The highest BCUT2D eigenvalue weighted by molar-refractivity contribution is 5.92. The fourth-order valence-electron chi connectivity index (χ4n) is 1.51. The van der Waals surface area contributed by atoms with Gasteiger partial charge in [-0.3, -0.25) is 0 Å². The van der Waals surface area contributed by atoms with Crippen molar-refractivity contribution in [3.05, 3.63) is 29.8 Å². The fourth-order valence-corrected chi connectivity index (χ4v) is 1.51. The van der Waals surface area contributed by atoms with Crippen LogP contribution in [-0.2, 0) is 4.84 Å². The number of ether oxygens (including phenoxy) is 1. The monoisotopic (exact) mass is 237 g/mol. The highest BCUT2D eigenvalue weighted by atomic mass is 16.7. The van der Waals surface area contributed by atoms with Gasteiger partial charge >= 0.3 is 5.97 Å². The molecular weight excluding hydrogens is 218 g/mol. The van der Waals surface area contributed by atoms with Gasteiger partial charge in [0.1, 0.15) is 11.3 Å². The van der Waals surface area contributed by atoms with Gasteiger partial charge in [0.2, 0.25) is 0 Å². The van der Waals surface area contributed by atoms with E-state index in [0.717, 1.165) is 12.8 Å². The Hall–Kier alpha value is -1.55. The van der Waals surface area contributed by atoms with Gasteiger partial charge in [0.25, 0.3) is 0 Å². The number of benzene rings is 1. The van der Waals surface area contributed by atoms with E-state index in [-0.39, 0.29) is 6.04 Å². The number of carbonyl (C=O) groups excluding carboxylic acids is 1. The molecule has 94 valence electrons. The zero-order valence-corrected chi connectivity index (χ0v) is 10.5. The van der Waals surface area contributed by atoms with Gasteiger partial charge in [-0.05, 0) is 25.5 Å². The third-order valence-electron chi connectivity index (χ3n) is 2.40. The minimum absolute atomic E-state index is 0.152. The predicted molar refractivity (Wildman–Crippen MR) is 65.9 cm³/mol. The number of hydrogen-bond donors (Lipinski definition) is 1. The molecule has 0 aliphatic rings. The maximum Gasteiger partial charge on any atom is 0.360 e. The molecule has 4 nitrogen and oxygen atoms in total. The average molecular weight is 237 g/mol. The van der Waals surface area contributed by atoms with E-state index in [1.165, 1.54) is 7.11 Å². The van der Waals surface area contributed by atoms with Crippen LogP contribution < -0.4 is 10.2 Å². The molecule has 0 radical (unpaired) electrons. The predicted octanol–water partition coefficient (Wildman–Crippen LogP) is 2.55. The summed E-state index contributed by atoms with van der Waals surface area (Å²) >= 11 is 0. The van der Waals surface area contributed by atoms with Crippen molar-refractivity contribution in [2.75, 3.05) is 7.11 Å². The van der Waals surface area contributed by atoms with E-state index < -0.39 is 5.97 Å². The number of hydroxylamine groups is 1. The van der Waals surface area contributed by atoms with E-state index in [4.69, 9.17) is 9.57 Å². The second kappa shape index (κ2) is 6.91. The highest BCUT2D eigenvalue weighted by Crippen LogP contribution is 2.17. The van der Waals surface area contributed by atoms with Gasteiger partial charge in [0.15, 0.2) is 0 Å². The Morgan fingerprint density at radius 1 is 1.41 bits per heavy atom. The summed E-state index contributed by atoms with van der Waals surface area (Å²) in [6, 6.07) is 7.13. The molecule has 1 unspecified atom stereocenters. The SMILES string of the molecule is CCCC(C)NOC(=O)c1ccccc1OC. The van der Waals surface area contributed by atoms with Crippen LogP contribution >= 0.6 is 0 Å². The molecule has 0 spiro atoms. The molecule has 0 aliphatic heterocycles. The van der Waals surface area contributed by atoms with E-state index in [2.05, 4.69) is 12.4 Å². The third kappa shape index (κ3) is 4.07. The van der Waals surface area contributed by atoms with E-state index >= 15 is 0 Å². The summed E-state index contributed by atoms with van der Waals surface area (Å²) in [5.41, 5.74) is 3.15. The lowest BCUT2D eigenvalue weighted by Crippen LogP contribution is -2.29. The molecule has 1 aromatic rings. The number of nitrogens with one attached hydrogen (secondary N) is 1. The molecule has 17 heavy (non-hydrogen) atoms. The maximum absolute atomic E-state index is 11.8. The van der Waals surface area contributed by atoms with E-state index in [0.29, 0.717) is 11.3 Å². The molecule has 0 fully saturated rings. The van der Waals surface area contributed by atoms with Gasteiger partial charge in [0.05, 0.1) is 7.11 Å². The number of para-hydroxylation sites is 1. The Kier molecular flexibility index (Phi) is 5.49. The highest BCUT2D eigenvalue weighted by Gasteiger charge is 2.13. The van der Waals surface area contributed by atoms with Crippen molar-refractivity contribution in [1.82, 2.24) is 5.48 Å². The molecule has 0 saturated carbocycles. The largest absolute Gasteiger partial charge is 0.496 e. The molecule has 0 aromatic heterocycles. The summed E-state index contributed by atoms with van der Waals surface area (Å²) in [5, 5.41) is 0. The molecule has 0 bridgehead atoms. The molecule has 1 atom stereocenters. The molecular formula is C13H19NO3. The van der Waals surface area contributed by atoms with Crippen LogP contribution in [0.1, 0.15) is 37.0 Å². The molecule has 1 N–H and O–H groups in total. The fraction of sp³-hybridized carbons (Fsp3) is 0.462. The Morgan fingerprint density at radius 2 is 2.12 bits per heavy atom. The topological polar surface area (TPSA) is 47.6 Å². The van der Waals surface area contributed by atoms with Gasteiger partial charge < -0.3 is 9.57 Å². The summed E-state index contributed by atoms with van der Waals surface area (Å²) in [6.45, 7) is 4.05. The second-order valence-corrected chi connectivity index (χ2v) is 3.90. The van der Waals surface area contributed by atoms with Gasteiger partial charge in [-0.15, -0.1) is 5.48 Å². The molecule has 0 saturated heterocycles.